The van der Waals surface area contributed by atoms with Crippen LogP contribution in [0.4, 0.5) is 0 Å². The van der Waals surface area contributed by atoms with Crippen molar-refractivity contribution in [2.75, 3.05) is 0 Å². The largest absolute Gasteiger partial charge is 0.312 e. The number of nitriles is 2. The lowest BCUT2D eigenvalue weighted by atomic mass is 9.87. The molecule has 56 heavy (non-hydrogen) atoms. The average Bonchev–Trinajstić information content (AvgIpc) is 4.01. The van der Waals surface area contributed by atoms with Crippen LogP contribution in [0, 0.1) is 22.7 Å². The summed E-state index contributed by atoms with van der Waals surface area (Å²) >= 11 is 3.75. The highest BCUT2D eigenvalue weighted by molar-refractivity contribution is 8.00. The van der Waals surface area contributed by atoms with Crippen molar-refractivity contribution in [1.82, 2.24) is 9.13 Å². The highest BCUT2D eigenvalue weighted by atomic mass is 32.2. The molecular formula is C50H28N4S2. The first-order valence-corrected chi connectivity index (χ1v) is 20.4. The van der Waals surface area contributed by atoms with Crippen LogP contribution < -0.4 is 0 Å². The second-order valence-corrected chi connectivity index (χ2v) is 16.8. The van der Waals surface area contributed by atoms with Crippen molar-refractivity contribution < 1.29 is 0 Å². The second-order valence-electron chi connectivity index (χ2n) is 14.6. The fraction of sp³-hybridized carbons (Fsp3) is 0.0400. The van der Waals surface area contributed by atoms with Gasteiger partial charge in [-0.05, 0) is 66.2 Å². The van der Waals surface area contributed by atoms with Gasteiger partial charge in [0, 0.05) is 76.2 Å². The van der Waals surface area contributed by atoms with Crippen molar-refractivity contribution in [3.63, 3.8) is 0 Å². The molecule has 0 saturated heterocycles. The van der Waals surface area contributed by atoms with Gasteiger partial charge in [-0.25, -0.2) is 0 Å². The zero-order valence-corrected chi connectivity index (χ0v) is 31.4. The minimum absolute atomic E-state index is 0.206. The maximum Gasteiger partial charge on any atom is 0.0998 e. The fourth-order valence-electron chi connectivity index (χ4n) is 9.37. The Morgan fingerprint density at radius 1 is 0.554 bits per heavy atom. The van der Waals surface area contributed by atoms with Crippen LogP contribution in [0.15, 0.2) is 157 Å². The van der Waals surface area contributed by atoms with Crippen molar-refractivity contribution in [2.24, 2.45) is 0 Å². The Balaban J connectivity index is 1.10. The second kappa shape index (κ2) is 11.8. The number of thiophene rings is 1. The molecule has 0 fully saturated rings. The Bertz CT molecular complexity index is 3450. The van der Waals surface area contributed by atoms with E-state index in [1.54, 1.807) is 0 Å². The van der Waals surface area contributed by atoms with Gasteiger partial charge in [-0.1, -0.05) is 97.1 Å². The Morgan fingerprint density at radius 3 is 1.95 bits per heavy atom. The Labute approximate surface area is 330 Å². The quantitative estimate of drug-likeness (QED) is 0.181. The lowest BCUT2D eigenvalue weighted by Gasteiger charge is -2.24. The molecule has 6 heteroatoms. The lowest BCUT2D eigenvalue weighted by Crippen LogP contribution is -2.11. The standard InChI is InChI=1S/C50H28N4S2/c51-27-29-17-19-31(53-43-13-5-1-9-33(43)37-21-23-39-35-11-3-7-15-45(35)55-49(39)47(37)53)25-41(29)42-26-32(20-18-30(42)28-52)54-44-14-6-2-10-34(44)38-22-24-40-36-12-4-8-16-46(36)56-50(40)48(38)54/h1-26,39,49H. The minimum Gasteiger partial charge on any atom is -0.312 e. The van der Waals surface area contributed by atoms with E-state index in [9.17, 15) is 10.5 Å². The van der Waals surface area contributed by atoms with Gasteiger partial charge < -0.3 is 9.13 Å². The van der Waals surface area contributed by atoms with E-state index in [-0.39, 0.29) is 11.2 Å². The molecule has 2 unspecified atom stereocenters. The van der Waals surface area contributed by atoms with Gasteiger partial charge in [0.15, 0.2) is 0 Å². The maximum absolute atomic E-state index is 10.6. The molecule has 12 rings (SSSR count). The zero-order valence-electron chi connectivity index (χ0n) is 29.8. The van der Waals surface area contributed by atoms with Crippen LogP contribution >= 0.6 is 23.1 Å². The monoisotopic (exact) mass is 748 g/mol. The molecule has 0 saturated carbocycles. The summed E-state index contributed by atoms with van der Waals surface area (Å²) in [6, 6.07) is 56.2. The first-order chi connectivity index (χ1) is 27.7. The lowest BCUT2D eigenvalue weighted by molar-refractivity contribution is 0.776. The molecular weight excluding hydrogens is 721 g/mol. The highest BCUT2D eigenvalue weighted by Crippen LogP contribution is 2.59. The van der Waals surface area contributed by atoms with Crippen molar-refractivity contribution in [2.45, 2.75) is 16.1 Å². The number of allylic oxidation sites excluding steroid dienone is 1. The molecule has 0 N–H and O–H groups in total. The van der Waals surface area contributed by atoms with Crippen LogP contribution in [0.5, 0.6) is 0 Å². The zero-order chi connectivity index (χ0) is 37.1. The van der Waals surface area contributed by atoms with E-state index in [2.05, 4.69) is 161 Å². The third kappa shape index (κ3) is 4.29. The number of thioether (sulfide) groups is 1. The number of benzene rings is 7. The van der Waals surface area contributed by atoms with Crippen molar-refractivity contribution >= 4 is 82.1 Å². The van der Waals surface area contributed by atoms with Crippen LogP contribution in [-0.2, 0) is 0 Å². The summed E-state index contributed by atoms with van der Waals surface area (Å²) in [6.45, 7) is 0. The molecule has 4 heterocycles. The predicted molar refractivity (Wildman–Crippen MR) is 232 cm³/mol. The number of hydrogen-bond donors (Lipinski definition) is 0. The summed E-state index contributed by atoms with van der Waals surface area (Å²) < 4.78 is 7.23. The topological polar surface area (TPSA) is 57.4 Å². The van der Waals surface area contributed by atoms with E-state index in [0.29, 0.717) is 11.1 Å². The number of hydrogen-bond acceptors (Lipinski definition) is 4. The van der Waals surface area contributed by atoms with E-state index in [0.717, 1.165) is 39.1 Å². The molecule has 0 amide bonds. The maximum atomic E-state index is 10.6. The Kier molecular flexibility index (Phi) is 6.66. The van der Waals surface area contributed by atoms with Crippen LogP contribution in [-0.4, -0.2) is 9.13 Å². The van der Waals surface area contributed by atoms with Gasteiger partial charge in [-0.15, -0.1) is 23.1 Å². The Hall–Kier alpha value is -6.83. The molecule has 260 valence electrons. The van der Waals surface area contributed by atoms with E-state index in [1.165, 1.54) is 58.0 Å². The molecule has 10 aromatic rings. The van der Waals surface area contributed by atoms with Crippen molar-refractivity contribution in [3.05, 3.63) is 180 Å². The summed E-state index contributed by atoms with van der Waals surface area (Å²) in [5.41, 5.74) is 11.7. The summed E-state index contributed by atoms with van der Waals surface area (Å²) in [5, 5.41) is 27.5. The number of para-hydroxylation sites is 2. The van der Waals surface area contributed by atoms with E-state index in [4.69, 9.17) is 0 Å². The highest BCUT2D eigenvalue weighted by Gasteiger charge is 2.39. The molecule has 0 bridgehead atoms. The third-order valence-electron chi connectivity index (χ3n) is 11.8. The molecule has 7 aromatic carbocycles. The number of nitrogens with zero attached hydrogens (tertiary/aromatic N) is 4. The van der Waals surface area contributed by atoms with Crippen LogP contribution in [0.25, 0.3) is 81.5 Å². The fourth-order valence-corrected chi connectivity index (χ4v) is 12.1. The molecule has 3 aromatic heterocycles. The van der Waals surface area contributed by atoms with Gasteiger partial charge in [-0.3, -0.25) is 0 Å². The molecule has 0 spiro atoms. The van der Waals surface area contributed by atoms with Gasteiger partial charge in [0.05, 0.1) is 49.8 Å². The van der Waals surface area contributed by atoms with Gasteiger partial charge in [0.2, 0.25) is 0 Å². The summed E-state index contributed by atoms with van der Waals surface area (Å²) in [4.78, 5) is 1.32. The molecule has 2 aliphatic rings. The number of rotatable bonds is 3. The molecule has 4 nitrogen and oxygen atoms in total. The van der Waals surface area contributed by atoms with Crippen LogP contribution in [0.2, 0.25) is 0 Å². The summed E-state index contributed by atoms with van der Waals surface area (Å²) in [5.74, 6) is 0.269. The molecule has 1 aliphatic heterocycles. The van der Waals surface area contributed by atoms with E-state index in [1.807, 2.05) is 41.3 Å². The predicted octanol–water partition coefficient (Wildman–Crippen LogP) is 13.5. The van der Waals surface area contributed by atoms with Gasteiger partial charge in [-0.2, -0.15) is 10.5 Å². The molecule has 2 atom stereocenters. The van der Waals surface area contributed by atoms with E-state index >= 15 is 0 Å². The normalized spacial score (nSPS) is 15.7. The van der Waals surface area contributed by atoms with Gasteiger partial charge in [0.1, 0.15) is 0 Å². The number of aromatic nitrogens is 2. The van der Waals surface area contributed by atoms with Gasteiger partial charge in [0.25, 0.3) is 0 Å². The smallest absolute Gasteiger partial charge is 0.0998 e. The van der Waals surface area contributed by atoms with Crippen molar-refractivity contribution in [1.29, 1.82) is 10.5 Å². The first-order valence-electron chi connectivity index (χ1n) is 18.7. The summed E-state index contributed by atoms with van der Waals surface area (Å²) in [6.07, 6.45) is 4.68. The summed E-state index contributed by atoms with van der Waals surface area (Å²) in [7, 11) is 0. The van der Waals surface area contributed by atoms with Crippen LogP contribution in [0.1, 0.15) is 39.1 Å². The molecule has 1 aliphatic carbocycles. The van der Waals surface area contributed by atoms with Crippen LogP contribution in [0.3, 0.4) is 0 Å². The Morgan fingerprint density at radius 2 is 1.18 bits per heavy atom. The van der Waals surface area contributed by atoms with Gasteiger partial charge >= 0.3 is 0 Å². The van der Waals surface area contributed by atoms with E-state index < -0.39 is 0 Å². The van der Waals surface area contributed by atoms with Crippen molar-refractivity contribution in [3.8, 4) is 34.6 Å². The molecule has 0 radical (unpaired) electrons. The average molecular weight is 749 g/mol. The number of fused-ring (bicyclic) bond motifs is 14. The SMILES string of the molecule is N#Cc1ccc(-n2c3c(c4ccccc42)C=CC2c4ccccc4SC32)cc1-c1cc(-n2c3ccccc3c3ccc4c5ccccc5sc4c32)ccc1C#N. The third-order valence-corrected chi connectivity index (χ3v) is 14.4. The first kappa shape index (κ1) is 31.5. The minimum atomic E-state index is 0.206.